The number of aromatic amines is 1. The zero-order chi connectivity index (χ0) is 27.3. The highest BCUT2D eigenvalue weighted by Crippen LogP contribution is 2.33. The summed E-state index contributed by atoms with van der Waals surface area (Å²) in [6, 6.07) is 21.3. The van der Waals surface area contributed by atoms with Gasteiger partial charge in [0.25, 0.3) is 0 Å². The molecule has 1 atom stereocenters. The second kappa shape index (κ2) is 11.7. The lowest BCUT2D eigenvalue weighted by atomic mass is 10.2. The van der Waals surface area contributed by atoms with Crippen molar-refractivity contribution in [2.45, 2.75) is 31.0 Å². The van der Waals surface area contributed by atoms with E-state index < -0.39 is 0 Å². The number of rotatable bonds is 9. The summed E-state index contributed by atoms with van der Waals surface area (Å²) in [5.74, 6) is 3.06. The van der Waals surface area contributed by atoms with Crippen LogP contribution >= 0.6 is 11.8 Å². The molecular weight excluding hydrogens is 524 g/mol. The van der Waals surface area contributed by atoms with E-state index in [0.29, 0.717) is 35.8 Å². The van der Waals surface area contributed by atoms with Crippen molar-refractivity contribution in [3.05, 3.63) is 84.9 Å². The Hall–Kier alpha value is -4.51. The summed E-state index contributed by atoms with van der Waals surface area (Å²) in [5, 5.41) is 17.0. The smallest absolute Gasteiger partial charge is 0.233 e. The summed E-state index contributed by atoms with van der Waals surface area (Å²) in [6.45, 7) is 3.23. The Morgan fingerprint density at radius 1 is 1.02 bits per heavy atom. The number of amides is 1. The van der Waals surface area contributed by atoms with Gasteiger partial charge >= 0.3 is 0 Å². The van der Waals surface area contributed by atoms with Crippen molar-refractivity contribution in [2.24, 2.45) is 0 Å². The Morgan fingerprint density at radius 2 is 1.82 bits per heavy atom. The maximum absolute atomic E-state index is 13.5. The van der Waals surface area contributed by atoms with Gasteiger partial charge in [0.05, 0.1) is 18.4 Å². The predicted molar refractivity (Wildman–Crippen MR) is 152 cm³/mol. The number of nitrogens with zero attached hydrogens (tertiary/aromatic N) is 7. The number of aromatic nitrogens is 7. The van der Waals surface area contributed by atoms with Crippen molar-refractivity contribution in [1.82, 2.24) is 39.8 Å². The molecule has 1 aliphatic rings. The lowest BCUT2D eigenvalue weighted by molar-refractivity contribution is -0.129. The van der Waals surface area contributed by atoms with E-state index in [0.717, 1.165) is 35.4 Å². The number of pyridine rings is 1. The maximum Gasteiger partial charge on any atom is 0.233 e. The van der Waals surface area contributed by atoms with Gasteiger partial charge in [-0.15, -0.1) is 10.2 Å². The van der Waals surface area contributed by atoms with Crippen LogP contribution in [0.1, 0.15) is 31.6 Å². The van der Waals surface area contributed by atoms with Crippen LogP contribution in [0.2, 0.25) is 0 Å². The molecule has 1 N–H and O–H groups in total. The monoisotopic (exact) mass is 552 g/mol. The third kappa shape index (κ3) is 5.32. The minimum Gasteiger partial charge on any atom is -0.494 e. The Labute approximate surface area is 235 Å². The third-order valence-electron chi connectivity index (χ3n) is 6.73. The van der Waals surface area contributed by atoms with Crippen LogP contribution in [0.15, 0.2) is 84.3 Å². The lowest BCUT2D eigenvalue weighted by Crippen LogP contribution is -2.32. The molecule has 202 valence electrons. The fourth-order valence-electron chi connectivity index (χ4n) is 4.84. The van der Waals surface area contributed by atoms with Gasteiger partial charge in [-0.2, -0.15) is 5.10 Å². The number of carbonyl (C=O) groups excluding carboxylic acids is 1. The van der Waals surface area contributed by atoms with Crippen LogP contribution in [-0.2, 0) is 4.79 Å². The highest BCUT2D eigenvalue weighted by Gasteiger charge is 2.32. The van der Waals surface area contributed by atoms with Gasteiger partial charge in [0.2, 0.25) is 5.91 Å². The average Bonchev–Trinajstić information content (AvgIpc) is 3.77. The summed E-state index contributed by atoms with van der Waals surface area (Å²) in [7, 11) is 0. The first kappa shape index (κ1) is 25.8. The number of hydrogen-bond acceptors (Lipinski definition) is 8. The molecule has 6 rings (SSSR count). The summed E-state index contributed by atoms with van der Waals surface area (Å²) >= 11 is 1.37. The first-order valence-corrected chi connectivity index (χ1v) is 14.2. The number of H-pyrrole nitrogens is 1. The summed E-state index contributed by atoms with van der Waals surface area (Å²) in [5.41, 5.74) is 2.70. The minimum absolute atomic E-state index is 0.0249. The largest absolute Gasteiger partial charge is 0.494 e. The van der Waals surface area contributed by atoms with Gasteiger partial charge in [-0.3, -0.25) is 19.4 Å². The minimum atomic E-state index is -0.130. The van der Waals surface area contributed by atoms with Crippen LogP contribution in [0.25, 0.3) is 28.5 Å². The molecule has 4 heterocycles. The fourth-order valence-corrected chi connectivity index (χ4v) is 5.68. The van der Waals surface area contributed by atoms with Gasteiger partial charge in [-0.25, -0.2) is 4.98 Å². The molecule has 11 heteroatoms. The number of ether oxygens (including phenoxy) is 1. The second-order valence-electron chi connectivity index (χ2n) is 9.25. The molecule has 10 nitrogen and oxygen atoms in total. The van der Waals surface area contributed by atoms with E-state index in [-0.39, 0.29) is 17.7 Å². The molecule has 1 aliphatic heterocycles. The summed E-state index contributed by atoms with van der Waals surface area (Å²) < 4.78 is 7.58. The Morgan fingerprint density at radius 3 is 2.60 bits per heavy atom. The molecule has 3 aromatic heterocycles. The molecule has 0 aliphatic carbocycles. The van der Waals surface area contributed by atoms with Crippen LogP contribution in [0.3, 0.4) is 0 Å². The number of hydrogen-bond donors (Lipinski definition) is 1. The van der Waals surface area contributed by atoms with Crippen molar-refractivity contribution in [1.29, 1.82) is 0 Å². The Kier molecular flexibility index (Phi) is 7.53. The molecule has 1 unspecified atom stereocenters. The normalized spacial score (nSPS) is 14.9. The molecule has 5 aromatic rings. The Balaban J connectivity index is 1.22. The standard InChI is InChI=1S/C29H28N8O2S/c1-2-39-23-12-10-22(11-13-23)37-28(21-14-16-30-17-15-21)34-35-29(37)40-19-25(38)36-18-6-9-24(36)27-31-26(32-33-27)20-7-4-3-5-8-20/h3-5,7-8,10-17,24H,2,6,9,18-19H2,1H3,(H,31,32,33). The van der Waals surface area contributed by atoms with E-state index >= 15 is 0 Å². The number of carbonyl (C=O) groups is 1. The molecule has 0 radical (unpaired) electrons. The molecule has 1 amide bonds. The van der Waals surface area contributed by atoms with Crippen molar-refractivity contribution in [2.75, 3.05) is 18.9 Å². The predicted octanol–water partition coefficient (Wildman–Crippen LogP) is 4.97. The van der Waals surface area contributed by atoms with E-state index in [1.165, 1.54) is 11.8 Å². The zero-order valence-electron chi connectivity index (χ0n) is 22.0. The van der Waals surface area contributed by atoms with E-state index in [1.54, 1.807) is 12.4 Å². The number of nitrogens with one attached hydrogen (secondary N) is 1. The molecule has 1 fully saturated rings. The molecule has 2 aromatic carbocycles. The highest BCUT2D eigenvalue weighted by molar-refractivity contribution is 7.99. The molecule has 1 saturated heterocycles. The van der Waals surface area contributed by atoms with Gasteiger partial charge in [0.1, 0.15) is 11.6 Å². The van der Waals surface area contributed by atoms with Gasteiger partial charge < -0.3 is 9.64 Å². The highest BCUT2D eigenvalue weighted by atomic mass is 32.2. The van der Waals surface area contributed by atoms with Crippen LogP contribution < -0.4 is 4.74 Å². The quantitative estimate of drug-likeness (QED) is 0.255. The third-order valence-corrected chi connectivity index (χ3v) is 7.64. The van der Waals surface area contributed by atoms with Crippen molar-refractivity contribution >= 4 is 17.7 Å². The van der Waals surface area contributed by atoms with Crippen molar-refractivity contribution < 1.29 is 9.53 Å². The number of thioether (sulfide) groups is 1. The van der Waals surface area contributed by atoms with Gasteiger partial charge in [0.15, 0.2) is 16.8 Å². The molecule has 0 saturated carbocycles. The van der Waals surface area contributed by atoms with Crippen LogP contribution in [0, 0.1) is 0 Å². The molecule has 0 bridgehead atoms. The zero-order valence-corrected chi connectivity index (χ0v) is 22.8. The van der Waals surface area contributed by atoms with E-state index in [2.05, 4.69) is 25.4 Å². The summed E-state index contributed by atoms with van der Waals surface area (Å²) in [4.78, 5) is 24.2. The number of likely N-dealkylation sites (tertiary alicyclic amines) is 1. The second-order valence-corrected chi connectivity index (χ2v) is 10.2. The van der Waals surface area contributed by atoms with E-state index in [9.17, 15) is 4.79 Å². The topological polar surface area (TPSA) is 115 Å². The van der Waals surface area contributed by atoms with Crippen molar-refractivity contribution in [3.63, 3.8) is 0 Å². The van der Waals surface area contributed by atoms with Gasteiger partial charge in [0, 0.05) is 35.8 Å². The van der Waals surface area contributed by atoms with Crippen LogP contribution in [-0.4, -0.2) is 64.6 Å². The SMILES string of the molecule is CCOc1ccc(-n2c(SCC(=O)N3CCCC3c3nc(-c4ccccc4)n[nH]3)nnc2-c2ccncc2)cc1. The molecular formula is C29H28N8O2S. The van der Waals surface area contributed by atoms with E-state index in [1.807, 2.05) is 83.1 Å². The van der Waals surface area contributed by atoms with Gasteiger partial charge in [-0.1, -0.05) is 42.1 Å². The molecule has 40 heavy (non-hydrogen) atoms. The van der Waals surface area contributed by atoms with Crippen LogP contribution in [0.5, 0.6) is 5.75 Å². The lowest BCUT2D eigenvalue weighted by Gasteiger charge is -2.22. The average molecular weight is 553 g/mol. The van der Waals surface area contributed by atoms with Gasteiger partial charge in [-0.05, 0) is 56.2 Å². The Bertz CT molecular complexity index is 1570. The molecule has 0 spiro atoms. The first-order chi connectivity index (χ1) is 19.7. The first-order valence-electron chi connectivity index (χ1n) is 13.2. The fraction of sp³-hybridized carbons (Fsp3) is 0.241. The summed E-state index contributed by atoms with van der Waals surface area (Å²) in [6.07, 6.45) is 5.21. The van der Waals surface area contributed by atoms with E-state index in [4.69, 9.17) is 9.72 Å². The van der Waals surface area contributed by atoms with Crippen molar-refractivity contribution in [3.8, 4) is 34.2 Å². The van der Waals surface area contributed by atoms with Crippen LogP contribution in [0.4, 0.5) is 0 Å². The maximum atomic E-state index is 13.5. The number of benzene rings is 2.